The van der Waals surface area contributed by atoms with E-state index >= 15 is 0 Å². The summed E-state index contributed by atoms with van der Waals surface area (Å²) in [4.78, 5) is 0. The molecule has 0 aromatic heterocycles. The van der Waals surface area contributed by atoms with Crippen LogP contribution in [0.25, 0.3) is 0 Å². The molecular weight excluding hydrogens is 258 g/mol. The molecule has 0 spiro atoms. The van der Waals surface area contributed by atoms with E-state index in [1.165, 1.54) is 0 Å². The highest BCUT2D eigenvalue weighted by atomic mass is 79.9. The number of halogens is 1. The van der Waals surface area contributed by atoms with Gasteiger partial charge in [-0.25, -0.2) is 0 Å². The molecule has 0 aliphatic carbocycles. The Hall–Kier alpha value is -0.580. The molecule has 1 aromatic carbocycles. The average molecular weight is 274 g/mol. The van der Waals surface area contributed by atoms with Crippen LogP contribution in [-0.4, -0.2) is 20.3 Å². The summed E-state index contributed by atoms with van der Waals surface area (Å²) >= 11 is 3.40. The summed E-state index contributed by atoms with van der Waals surface area (Å²) in [5.74, 6) is 0.850. The largest absolute Gasteiger partial charge is 0.493 e. The van der Waals surface area contributed by atoms with Gasteiger partial charge in [0.25, 0.3) is 0 Å². The Labute approximate surface area is 98.7 Å². The van der Waals surface area contributed by atoms with Crippen LogP contribution < -0.4 is 10.5 Å². The fraction of sp³-hybridized carbons (Fsp3) is 0.455. The highest BCUT2D eigenvalue weighted by molar-refractivity contribution is 9.10. The molecule has 1 rings (SSSR count). The van der Waals surface area contributed by atoms with Gasteiger partial charge >= 0.3 is 0 Å². The van der Waals surface area contributed by atoms with Crippen LogP contribution in [0, 0.1) is 0 Å². The lowest BCUT2D eigenvalue weighted by atomic mass is 10.2. The van der Waals surface area contributed by atoms with Gasteiger partial charge in [-0.05, 0) is 12.1 Å². The minimum Gasteiger partial charge on any atom is -0.493 e. The molecular formula is C11H16BrNO2. The van der Waals surface area contributed by atoms with Crippen LogP contribution in [0.3, 0.4) is 0 Å². The van der Waals surface area contributed by atoms with Crippen molar-refractivity contribution in [1.29, 1.82) is 0 Å². The number of hydrogen-bond acceptors (Lipinski definition) is 3. The quantitative estimate of drug-likeness (QED) is 0.810. The molecule has 0 bridgehead atoms. The van der Waals surface area contributed by atoms with Crippen LogP contribution in [0.2, 0.25) is 0 Å². The van der Waals surface area contributed by atoms with Crippen LogP contribution in [0.4, 0.5) is 0 Å². The third-order valence-corrected chi connectivity index (χ3v) is 2.49. The highest BCUT2D eigenvalue weighted by Crippen LogP contribution is 2.23. The molecule has 0 fully saturated rings. The SMILES string of the molecule is COCCCOc1cc(Br)ccc1CN. The van der Waals surface area contributed by atoms with Gasteiger partial charge in [0, 0.05) is 36.7 Å². The van der Waals surface area contributed by atoms with Crippen molar-refractivity contribution in [2.24, 2.45) is 5.73 Å². The molecule has 0 amide bonds. The van der Waals surface area contributed by atoms with Gasteiger partial charge in [-0.1, -0.05) is 22.0 Å². The van der Waals surface area contributed by atoms with Crippen molar-refractivity contribution in [3.05, 3.63) is 28.2 Å². The minimum atomic E-state index is 0.493. The topological polar surface area (TPSA) is 44.5 Å². The lowest BCUT2D eigenvalue weighted by molar-refractivity contribution is 0.172. The van der Waals surface area contributed by atoms with E-state index < -0.39 is 0 Å². The Bertz CT molecular complexity index is 305. The third-order valence-electron chi connectivity index (χ3n) is 2.00. The molecule has 2 N–H and O–H groups in total. The lowest BCUT2D eigenvalue weighted by Crippen LogP contribution is -2.05. The third kappa shape index (κ3) is 4.20. The van der Waals surface area contributed by atoms with Gasteiger partial charge in [0.15, 0.2) is 0 Å². The first kappa shape index (κ1) is 12.5. The molecule has 0 saturated heterocycles. The van der Waals surface area contributed by atoms with E-state index in [4.69, 9.17) is 15.2 Å². The normalized spacial score (nSPS) is 10.3. The van der Waals surface area contributed by atoms with Gasteiger partial charge < -0.3 is 15.2 Å². The van der Waals surface area contributed by atoms with Crippen molar-refractivity contribution in [2.75, 3.05) is 20.3 Å². The highest BCUT2D eigenvalue weighted by Gasteiger charge is 2.02. The standard InChI is InChI=1S/C11H16BrNO2/c1-14-5-2-6-15-11-7-10(12)4-3-9(11)8-13/h3-4,7H,2,5-6,8,13H2,1H3. The van der Waals surface area contributed by atoms with E-state index in [-0.39, 0.29) is 0 Å². The van der Waals surface area contributed by atoms with Gasteiger partial charge in [-0.15, -0.1) is 0 Å². The summed E-state index contributed by atoms with van der Waals surface area (Å²) in [7, 11) is 1.68. The second-order valence-corrected chi connectivity index (χ2v) is 4.07. The van der Waals surface area contributed by atoms with Gasteiger partial charge in [0.1, 0.15) is 5.75 Å². The molecule has 0 saturated carbocycles. The van der Waals surface area contributed by atoms with E-state index in [1.807, 2.05) is 18.2 Å². The first-order valence-corrected chi connectivity index (χ1v) is 5.67. The van der Waals surface area contributed by atoms with Crippen molar-refractivity contribution >= 4 is 15.9 Å². The molecule has 0 heterocycles. The first-order valence-electron chi connectivity index (χ1n) is 4.88. The van der Waals surface area contributed by atoms with Crippen molar-refractivity contribution < 1.29 is 9.47 Å². The summed E-state index contributed by atoms with van der Waals surface area (Å²) in [5, 5.41) is 0. The smallest absolute Gasteiger partial charge is 0.124 e. The van der Waals surface area contributed by atoms with E-state index in [1.54, 1.807) is 7.11 Å². The zero-order valence-corrected chi connectivity index (χ0v) is 10.4. The second-order valence-electron chi connectivity index (χ2n) is 3.15. The van der Waals surface area contributed by atoms with Crippen LogP contribution in [0.5, 0.6) is 5.75 Å². The second kappa shape index (κ2) is 6.82. The summed E-state index contributed by atoms with van der Waals surface area (Å²) in [6, 6.07) is 5.87. The molecule has 0 aliphatic rings. The summed E-state index contributed by atoms with van der Waals surface area (Å²) < 4.78 is 11.6. The molecule has 0 aliphatic heterocycles. The van der Waals surface area contributed by atoms with Crippen molar-refractivity contribution in [2.45, 2.75) is 13.0 Å². The van der Waals surface area contributed by atoms with E-state index in [9.17, 15) is 0 Å². The monoisotopic (exact) mass is 273 g/mol. The zero-order valence-electron chi connectivity index (χ0n) is 8.83. The fourth-order valence-electron chi connectivity index (χ4n) is 1.22. The lowest BCUT2D eigenvalue weighted by Gasteiger charge is -2.10. The maximum Gasteiger partial charge on any atom is 0.124 e. The van der Waals surface area contributed by atoms with Crippen molar-refractivity contribution in [3.8, 4) is 5.75 Å². The van der Waals surface area contributed by atoms with Crippen molar-refractivity contribution in [3.63, 3.8) is 0 Å². The molecule has 84 valence electrons. The predicted octanol–water partition coefficient (Wildman–Crippen LogP) is 2.32. The number of hydrogen-bond donors (Lipinski definition) is 1. The Kier molecular flexibility index (Phi) is 5.68. The van der Waals surface area contributed by atoms with Gasteiger partial charge in [-0.3, -0.25) is 0 Å². The van der Waals surface area contributed by atoms with Gasteiger partial charge in [0.2, 0.25) is 0 Å². The molecule has 0 radical (unpaired) electrons. The minimum absolute atomic E-state index is 0.493. The molecule has 3 nitrogen and oxygen atoms in total. The predicted molar refractivity (Wildman–Crippen MR) is 64.0 cm³/mol. The summed E-state index contributed by atoms with van der Waals surface area (Å²) in [5.41, 5.74) is 6.63. The van der Waals surface area contributed by atoms with Crippen molar-refractivity contribution in [1.82, 2.24) is 0 Å². The van der Waals surface area contributed by atoms with Gasteiger partial charge in [-0.2, -0.15) is 0 Å². The number of methoxy groups -OCH3 is 1. The van der Waals surface area contributed by atoms with Crippen LogP contribution in [-0.2, 0) is 11.3 Å². The fourth-order valence-corrected chi connectivity index (χ4v) is 1.56. The Morgan fingerprint density at radius 3 is 2.80 bits per heavy atom. The summed E-state index contributed by atoms with van der Waals surface area (Å²) in [6.45, 7) is 1.86. The van der Waals surface area contributed by atoms with Gasteiger partial charge in [0.05, 0.1) is 6.61 Å². The Morgan fingerprint density at radius 2 is 2.13 bits per heavy atom. The first-order chi connectivity index (χ1) is 7.27. The van der Waals surface area contributed by atoms with E-state index in [0.29, 0.717) is 19.8 Å². The number of benzene rings is 1. The number of nitrogens with two attached hydrogens (primary N) is 1. The van der Waals surface area contributed by atoms with E-state index in [0.717, 1.165) is 22.2 Å². The summed E-state index contributed by atoms with van der Waals surface area (Å²) in [6.07, 6.45) is 0.882. The zero-order chi connectivity index (χ0) is 11.1. The maximum absolute atomic E-state index is 5.62. The number of rotatable bonds is 6. The Balaban J connectivity index is 2.54. The molecule has 4 heteroatoms. The van der Waals surface area contributed by atoms with Crippen LogP contribution >= 0.6 is 15.9 Å². The molecule has 0 unspecified atom stereocenters. The molecule has 15 heavy (non-hydrogen) atoms. The Morgan fingerprint density at radius 1 is 1.33 bits per heavy atom. The molecule has 0 atom stereocenters. The average Bonchev–Trinajstić information content (AvgIpc) is 2.25. The van der Waals surface area contributed by atoms with Crippen LogP contribution in [0.1, 0.15) is 12.0 Å². The molecule has 1 aromatic rings. The van der Waals surface area contributed by atoms with Crippen LogP contribution in [0.15, 0.2) is 22.7 Å². The van der Waals surface area contributed by atoms with E-state index in [2.05, 4.69) is 15.9 Å². The number of ether oxygens (including phenoxy) is 2. The maximum atomic E-state index is 5.62.